The molecular formula is C23H23ClN2O3S. The number of methoxy groups -OCH3 is 1. The lowest BCUT2D eigenvalue weighted by Gasteiger charge is -2.26. The lowest BCUT2D eigenvalue weighted by molar-refractivity contribution is -0.134. The number of rotatable bonds is 8. The van der Waals surface area contributed by atoms with Gasteiger partial charge in [0.1, 0.15) is 11.8 Å². The van der Waals surface area contributed by atoms with Crippen LogP contribution < -0.4 is 10.1 Å². The van der Waals surface area contributed by atoms with E-state index in [0.717, 1.165) is 16.2 Å². The summed E-state index contributed by atoms with van der Waals surface area (Å²) in [5.74, 6) is 0.233. The Hall–Kier alpha value is -2.83. The molecule has 3 aromatic rings. The van der Waals surface area contributed by atoms with Crippen LogP contribution in [0.15, 0.2) is 66.0 Å². The normalized spacial score (nSPS) is 11.6. The second-order valence-corrected chi connectivity index (χ2v) is 8.26. The average Bonchev–Trinajstić information content (AvgIpc) is 3.26. The molecule has 3 rings (SSSR count). The SMILES string of the molecule is COc1ccccc1CN(Cc1cccs1)C(=O)C(C)NC(=O)c1ccc(Cl)cc1. The van der Waals surface area contributed by atoms with Crippen LogP contribution in [0.1, 0.15) is 27.7 Å². The number of amides is 2. The largest absolute Gasteiger partial charge is 0.496 e. The van der Waals surface area contributed by atoms with E-state index >= 15 is 0 Å². The van der Waals surface area contributed by atoms with Crippen molar-refractivity contribution in [3.8, 4) is 5.75 Å². The summed E-state index contributed by atoms with van der Waals surface area (Å²) < 4.78 is 5.44. The van der Waals surface area contributed by atoms with Crippen molar-refractivity contribution < 1.29 is 14.3 Å². The second-order valence-electron chi connectivity index (χ2n) is 6.79. The lowest BCUT2D eigenvalue weighted by Crippen LogP contribution is -2.46. The van der Waals surface area contributed by atoms with Crippen LogP contribution in [-0.4, -0.2) is 29.9 Å². The first-order chi connectivity index (χ1) is 14.5. The Kier molecular flexibility index (Phi) is 7.49. The molecule has 2 amide bonds. The fraction of sp³-hybridized carbons (Fsp3) is 0.217. The minimum Gasteiger partial charge on any atom is -0.496 e. The molecule has 1 aromatic heterocycles. The maximum absolute atomic E-state index is 13.2. The van der Waals surface area contributed by atoms with Gasteiger partial charge >= 0.3 is 0 Å². The maximum atomic E-state index is 13.2. The summed E-state index contributed by atoms with van der Waals surface area (Å²) >= 11 is 7.47. The van der Waals surface area contributed by atoms with Gasteiger partial charge in [0, 0.05) is 27.6 Å². The van der Waals surface area contributed by atoms with Gasteiger partial charge in [0.15, 0.2) is 0 Å². The highest BCUT2D eigenvalue weighted by Gasteiger charge is 2.24. The summed E-state index contributed by atoms with van der Waals surface area (Å²) in [6, 6.07) is 17.4. The van der Waals surface area contributed by atoms with Crippen molar-refractivity contribution in [3.63, 3.8) is 0 Å². The summed E-state index contributed by atoms with van der Waals surface area (Å²) in [5, 5.41) is 5.32. The standard InChI is InChI=1S/C23H23ClN2O3S/c1-16(25-22(27)17-9-11-19(24)12-10-17)23(28)26(15-20-7-5-13-30-20)14-18-6-3-4-8-21(18)29-2/h3-13,16H,14-15H2,1-2H3,(H,25,27). The molecule has 0 spiro atoms. The van der Waals surface area contributed by atoms with Crippen LogP contribution in [0.3, 0.4) is 0 Å². The Morgan fingerprint density at radius 3 is 2.47 bits per heavy atom. The zero-order valence-electron chi connectivity index (χ0n) is 16.8. The Morgan fingerprint density at radius 1 is 1.07 bits per heavy atom. The predicted molar refractivity (Wildman–Crippen MR) is 120 cm³/mol. The Morgan fingerprint density at radius 2 is 1.80 bits per heavy atom. The van der Waals surface area contributed by atoms with Crippen molar-refractivity contribution in [2.75, 3.05) is 7.11 Å². The fourth-order valence-corrected chi connectivity index (χ4v) is 3.90. The molecule has 0 saturated heterocycles. The van der Waals surface area contributed by atoms with Gasteiger partial charge in [0.05, 0.1) is 13.7 Å². The molecule has 156 valence electrons. The highest BCUT2D eigenvalue weighted by molar-refractivity contribution is 7.09. The van der Waals surface area contributed by atoms with E-state index in [4.69, 9.17) is 16.3 Å². The Balaban J connectivity index is 1.76. The van der Waals surface area contributed by atoms with E-state index < -0.39 is 6.04 Å². The molecular weight excluding hydrogens is 420 g/mol. The minimum atomic E-state index is -0.692. The number of benzene rings is 2. The van der Waals surface area contributed by atoms with Gasteiger partial charge in [-0.3, -0.25) is 9.59 Å². The third kappa shape index (κ3) is 5.62. The predicted octanol–water partition coefficient (Wildman–Crippen LogP) is 4.76. The average molecular weight is 443 g/mol. The topological polar surface area (TPSA) is 58.6 Å². The Labute approximate surface area is 185 Å². The summed E-state index contributed by atoms with van der Waals surface area (Å²) in [6.07, 6.45) is 0. The van der Waals surface area contributed by atoms with Gasteiger partial charge in [-0.05, 0) is 48.7 Å². The quantitative estimate of drug-likeness (QED) is 0.547. The highest BCUT2D eigenvalue weighted by atomic mass is 35.5. The molecule has 0 aliphatic heterocycles. The number of carbonyl (C=O) groups excluding carboxylic acids is 2. The molecule has 0 aliphatic rings. The van der Waals surface area contributed by atoms with Crippen LogP contribution in [-0.2, 0) is 17.9 Å². The van der Waals surface area contributed by atoms with Crippen LogP contribution in [0.2, 0.25) is 5.02 Å². The number of carbonyl (C=O) groups is 2. The van der Waals surface area contributed by atoms with E-state index in [1.54, 1.807) is 54.5 Å². The summed E-state index contributed by atoms with van der Waals surface area (Å²) in [5.41, 5.74) is 1.36. The van der Waals surface area contributed by atoms with Crippen LogP contribution in [0.25, 0.3) is 0 Å². The zero-order chi connectivity index (χ0) is 21.5. The lowest BCUT2D eigenvalue weighted by atomic mass is 10.1. The van der Waals surface area contributed by atoms with E-state index in [1.165, 1.54) is 0 Å². The number of hydrogen-bond donors (Lipinski definition) is 1. The Bertz CT molecular complexity index is 990. The summed E-state index contributed by atoms with van der Waals surface area (Å²) in [6.45, 7) is 2.53. The number of nitrogens with one attached hydrogen (secondary N) is 1. The van der Waals surface area contributed by atoms with E-state index in [9.17, 15) is 9.59 Å². The second kappa shape index (κ2) is 10.3. The van der Waals surface area contributed by atoms with Crippen molar-refractivity contribution >= 4 is 34.8 Å². The number of ether oxygens (including phenoxy) is 1. The molecule has 5 nitrogen and oxygen atoms in total. The molecule has 1 unspecified atom stereocenters. The molecule has 30 heavy (non-hydrogen) atoms. The molecule has 7 heteroatoms. The van der Waals surface area contributed by atoms with Gasteiger partial charge in [-0.2, -0.15) is 0 Å². The number of halogens is 1. The molecule has 0 bridgehead atoms. The van der Waals surface area contributed by atoms with Crippen LogP contribution in [0, 0.1) is 0 Å². The number of thiophene rings is 1. The van der Waals surface area contributed by atoms with Gasteiger partial charge in [-0.1, -0.05) is 35.9 Å². The first kappa shape index (κ1) is 21.9. The summed E-state index contributed by atoms with van der Waals surface area (Å²) in [4.78, 5) is 28.6. The third-order valence-corrected chi connectivity index (χ3v) is 5.73. The van der Waals surface area contributed by atoms with Gasteiger partial charge in [0.2, 0.25) is 5.91 Å². The highest BCUT2D eigenvalue weighted by Crippen LogP contribution is 2.22. The molecule has 0 radical (unpaired) electrons. The van der Waals surface area contributed by atoms with E-state index in [-0.39, 0.29) is 11.8 Å². The van der Waals surface area contributed by atoms with Gasteiger partial charge in [-0.15, -0.1) is 11.3 Å². The van der Waals surface area contributed by atoms with Gasteiger partial charge < -0.3 is 15.0 Å². The molecule has 0 aliphatic carbocycles. The van der Waals surface area contributed by atoms with Crippen molar-refractivity contribution in [1.29, 1.82) is 0 Å². The van der Waals surface area contributed by atoms with E-state index in [1.807, 2.05) is 41.8 Å². The first-order valence-corrected chi connectivity index (χ1v) is 10.7. The smallest absolute Gasteiger partial charge is 0.251 e. The van der Waals surface area contributed by atoms with Gasteiger partial charge in [0.25, 0.3) is 5.91 Å². The van der Waals surface area contributed by atoms with Crippen molar-refractivity contribution in [2.45, 2.75) is 26.1 Å². The molecule has 0 fully saturated rings. The van der Waals surface area contributed by atoms with Gasteiger partial charge in [-0.25, -0.2) is 0 Å². The molecule has 1 N–H and O–H groups in total. The molecule has 1 heterocycles. The van der Waals surface area contributed by atoms with Crippen molar-refractivity contribution in [3.05, 3.63) is 87.1 Å². The number of para-hydroxylation sites is 1. The van der Waals surface area contributed by atoms with Crippen LogP contribution >= 0.6 is 22.9 Å². The monoisotopic (exact) mass is 442 g/mol. The van der Waals surface area contributed by atoms with Crippen molar-refractivity contribution in [1.82, 2.24) is 10.2 Å². The molecule has 1 atom stereocenters. The third-order valence-electron chi connectivity index (χ3n) is 4.62. The van der Waals surface area contributed by atoms with E-state index in [0.29, 0.717) is 23.7 Å². The zero-order valence-corrected chi connectivity index (χ0v) is 18.4. The fourth-order valence-electron chi connectivity index (χ4n) is 3.06. The van der Waals surface area contributed by atoms with Crippen LogP contribution in [0.5, 0.6) is 5.75 Å². The molecule has 2 aromatic carbocycles. The first-order valence-electron chi connectivity index (χ1n) is 9.47. The summed E-state index contributed by atoms with van der Waals surface area (Å²) in [7, 11) is 1.61. The number of nitrogens with zero attached hydrogens (tertiary/aromatic N) is 1. The molecule has 0 saturated carbocycles. The maximum Gasteiger partial charge on any atom is 0.251 e. The van der Waals surface area contributed by atoms with Crippen molar-refractivity contribution in [2.24, 2.45) is 0 Å². The van der Waals surface area contributed by atoms with Crippen LogP contribution in [0.4, 0.5) is 0 Å². The number of hydrogen-bond acceptors (Lipinski definition) is 4. The van der Waals surface area contributed by atoms with E-state index in [2.05, 4.69) is 5.32 Å². The minimum absolute atomic E-state index is 0.170.